The van der Waals surface area contributed by atoms with E-state index in [0.717, 1.165) is 36.6 Å². The molecule has 80 valence electrons. The summed E-state index contributed by atoms with van der Waals surface area (Å²) in [6, 6.07) is 7.99. The molecule has 0 bridgehead atoms. The molecule has 0 spiro atoms. The normalized spacial score (nSPS) is 10.7. The topological polar surface area (TPSA) is 49.9 Å². The Kier molecular flexibility index (Phi) is 3.19. The number of methoxy groups -OCH3 is 1. The van der Waals surface area contributed by atoms with Crippen molar-refractivity contribution in [1.29, 1.82) is 0 Å². The number of aromatic nitrogens is 2. The Morgan fingerprint density at radius 2 is 2.27 bits per heavy atom. The minimum absolute atomic E-state index is 0.771. The molecule has 1 aromatic heterocycles. The van der Waals surface area contributed by atoms with Crippen molar-refractivity contribution in [2.45, 2.75) is 6.42 Å². The molecule has 0 radical (unpaired) electrons. The van der Waals surface area contributed by atoms with Crippen LogP contribution in [0.3, 0.4) is 0 Å². The van der Waals surface area contributed by atoms with Crippen LogP contribution in [0.4, 0.5) is 5.95 Å². The Hall–Kier alpha value is -1.55. The van der Waals surface area contributed by atoms with Crippen LogP contribution in [-0.2, 0) is 4.74 Å². The zero-order valence-corrected chi connectivity index (χ0v) is 8.79. The van der Waals surface area contributed by atoms with Crippen LogP contribution < -0.4 is 5.32 Å². The summed E-state index contributed by atoms with van der Waals surface area (Å²) in [4.78, 5) is 7.61. The highest BCUT2D eigenvalue weighted by atomic mass is 16.5. The summed E-state index contributed by atoms with van der Waals surface area (Å²) >= 11 is 0. The van der Waals surface area contributed by atoms with Gasteiger partial charge in [0.25, 0.3) is 0 Å². The molecule has 15 heavy (non-hydrogen) atoms. The third kappa shape index (κ3) is 2.47. The van der Waals surface area contributed by atoms with E-state index in [9.17, 15) is 0 Å². The highest BCUT2D eigenvalue weighted by Gasteiger charge is 1.99. The molecular weight excluding hydrogens is 190 g/mol. The van der Waals surface area contributed by atoms with Gasteiger partial charge in [0.2, 0.25) is 5.95 Å². The number of rotatable bonds is 5. The average molecular weight is 205 g/mol. The summed E-state index contributed by atoms with van der Waals surface area (Å²) in [7, 11) is 1.71. The van der Waals surface area contributed by atoms with Gasteiger partial charge in [-0.3, -0.25) is 0 Å². The van der Waals surface area contributed by atoms with Crippen LogP contribution in [0.5, 0.6) is 0 Å². The van der Waals surface area contributed by atoms with Gasteiger partial charge in [-0.2, -0.15) is 0 Å². The minimum atomic E-state index is 0.771. The van der Waals surface area contributed by atoms with Crippen molar-refractivity contribution in [1.82, 2.24) is 9.97 Å². The fourth-order valence-corrected chi connectivity index (χ4v) is 1.46. The van der Waals surface area contributed by atoms with E-state index in [2.05, 4.69) is 15.3 Å². The molecule has 0 unspecified atom stereocenters. The maximum absolute atomic E-state index is 4.97. The zero-order valence-electron chi connectivity index (χ0n) is 8.79. The van der Waals surface area contributed by atoms with E-state index in [1.807, 2.05) is 24.3 Å². The van der Waals surface area contributed by atoms with E-state index in [-0.39, 0.29) is 0 Å². The molecule has 2 aromatic rings. The highest BCUT2D eigenvalue weighted by molar-refractivity contribution is 5.77. The number of nitrogens with one attached hydrogen (secondary N) is 2. The van der Waals surface area contributed by atoms with Crippen LogP contribution in [0, 0.1) is 0 Å². The van der Waals surface area contributed by atoms with Crippen LogP contribution in [0.25, 0.3) is 11.0 Å². The molecule has 0 aliphatic heterocycles. The molecule has 4 nitrogen and oxygen atoms in total. The molecule has 2 rings (SSSR count). The molecule has 0 amide bonds. The second-order valence-corrected chi connectivity index (χ2v) is 3.38. The van der Waals surface area contributed by atoms with Crippen LogP contribution >= 0.6 is 0 Å². The molecule has 0 saturated heterocycles. The number of fused-ring (bicyclic) bond motifs is 1. The summed E-state index contributed by atoms with van der Waals surface area (Å²) in [5.41, 5.74) is 2.05. The lowest BCUT2D eigenvalue weighted by Crippen LogP contribution is -2.05. The first-order valence-corrected chi connectivity index (χ1v) is 5.08. The Morgan fingerprint density at radius 1 is 1.40 bits per heavy atom. The lowest BCUT2D eigenvalue weighted by atomic mass is 10.3. The molecule has 0 atom stereocenters. The van der Waals surface area contributed by atoms with Gasteiger partial charge < -0.3 is 15.0 Å². The van der Waals surface area contributed by atoms with E-state index < -0.39 is 0 Å². The molecule has 0 saturated carbocycles. The zero-order chi connectivity index (χ0) is 10.5. The van der Waals surface area contributed by atoms with Gasteiger partial charge in [0.1, 0.15) is 0 Å². The average Bonchev–Trinajstić information content (AvgIpc) is 2.67. The first-order chi connectivity index (χ1) is 7.40. The van der Waals surface area contributed by atoms with Crippen LogP contribution in [0.15, 0.2) is 24.3 Å². The molecule has 4 heteroatoms. The van der Waals surface area contributed by atoms with E-state index in [1.165, 1.54) is 0 Å². The number of hydrogen-bond donors (Lipinski definition) is 2. The Balaban J connectivity index is 1.97. The number of nitrogens with zero attached hydrogens (tertiary/aromatic N) is 1. The number of anilines is 1. The van der Waals surface area contributed by atoms with Gasteiger partial charge in [0.05, 0.1) is 11.0 Å². The quantitative estimate of drug-likeness (QED) is 0.734. The summed E-state index contributed by atoms with van der Waals surface area (Å²) in [5, 5.41) is 3.22. The third-order valence-corrected chi connectivity index (χ3v) is 2.21. The summed E-state index contributed by atoms with van der Waals surface area (Å²) in [6.45, 7) is 1.64. The number of hydrogen-bond acceptors (Lipinski definition) is 3. The van der Waals surface area contributed by atoms with Gasteiger partial charge in [-0.05, 0) is 18.6 Å². The lowest BCUT2D eigenvalue weighted by molar-refractivity contribution is 0.197. The van der Waals surface area contributed by atoms with E-state index in [0.29, 0.717) is 0 Å². The van der Waals surface area contributed by atoms with Crippen molar-refractivity contribution in [3.63, 3.8) is 0 Å². The SMILES string of the molecule is COCCCNc1nc2ccccc2[nH]1. The fraction of sp³-hybridized carbons (Fsp3) is 0.364. The largest absolute Gasteiger partial charge is 0.385 e. The lowest BCUT2D eigenvalue weighted by Gasteiger charge is -2.00. The summed E-state index contributed by atoms with van der Waals surface area (Å²) in [6.07, 6.45) is 0.980. The van der Waals surface area contributed by atoms with E-state index >= 15 is 0 Å². The number of H-pyrrole nitrogens is 1. The number of para-hydroxylation sites is 2. The van der Waals surface area contributed by atoms with Gasteiger partial charge in [-0.25, -0.2) is 4.98 Å². The number of ether oxygens (including phenoxy) is 1. The van der Waals surface area contributed by atoms with Crippen molar-refractivity contribution in [2.24, 2.45) is 0 Å². The molecule has 2 N–H and O–H groups in total. The van der Waals surface area contributed by atoms with Gasteiger partial charge in [-0.15, -0.1) is 0 Å². The van der Waals surface area contributed by atoms with E-state index in [1.54, 1.807) is 7.11 Å². The monoisotopic (exact) mass is 205 g/mol. The number of imidazole rings is 1. The van der Waals surface area contributed by atoms with Crippen molar-refractivity contribution in [2.75, 3.05) is 25.6 Å². The van der Waals surface area contributed by atoms with Crippen LogP contribution in [0.2, 0.25) is 0 Å². The molecule has 0 aliphatic rings. The highest BCUT2D eigenvalue weighted by Crippen LogP contribution is 2.12. The standard InChI is InChI=1S/C11H15N3O/c1-15-8-4-7-12-11-13-9-5-2-3-6-10(9)14-11/h2-3,5-6H,4,7-8H2,1H3,(H2,12,13,14). The molecule has 0 aliphatic carbocycles. The molecule has 1 aromatic carbocycles. The third-order valence-electron chi connectivity index (χ3n) is 2.21. The first kappa shape index (κ1) is 9.98. The van der Waals surface area contributed by atoms with Crippen molar-refractivity contribution >= 4 is 17.0 Å². The molecular formula is C11H15N3O. The van der Waals surface area contributed by atoms with E-state index in [4.69, 9.17) is 4.74 Å². The smallest absolute Gasteiger partial charge is 0.201 e. The second-order valence-electron chi connectivity index (χ2n) is 3.38. The summed E-state index contributed by atoms with van der Waals surface area (Å²) < 4.78 is 4.97. The van der Waals surface area contributed by atoms with Gasteiger partial charge in [0, 0.05) is 20.3 Å². The first-order valence-electron chi connectivity index (χ1n) is 5.08. The minimum Gasteiger partial charge on any atom is -0.385 e. The van der Waals surface area contributed by atoms with Gasteiger partial charge in [0.15, 0.2) is 0 Å². The van der Waals surface area contributed by atoms with Crippen molar-refractivity contribution < 1.29 is 4.74 Å². The Morgan fingerprint density at radius 3 is 3.07 bits per heavy atom. The molecule has 1 heterocycles. The van der Waals surface area contributed by atoms with Crippen LogP contribution in [0.1, 0.15) is 6.42 Å². The maximum atomic E-state index is 4.97. The Bertz CT molecular complexity index is 391. The van der Waals surface area contributed by atoms with Crippen LogP contribution in [-0.4, -0.2) is 30.2 Å². The fourth-order valence-electron chi connectivity index (χ4n) is 1.46. The predicted octanol–water partition coefficient (Wildman–Crippen LogP) is 2.01. The number of aromatic amines is 1. The summed E-state index contributed by atoms with van der Waals surface area (Å²) in [5.74, 6) is 0.826. The van der Waals surface area contributed by atoms with Gasteiger partial charge >= 0.3 is 0 Å². The number of benzene rings is 1. The van der Waals surface area contributed by atoms with Crippen molar-refractivity contribution in [3.8, 4) is 0 Å². The van der Waals surface area contributed by atoms with Gasteiger partial charge in [-0.1, -0.05) is 12.1 Å². The predicted molar refractivity (Wildman–Crippen MR) is 61.1 cm³/mol. The second kappa shape index (κ2) is 4.79. The maximum Gasteiger partial charge on any atom is 0.201 e. The molecule has 0 fully saturated rings. The van der Waals surface area contributed by atoms with Crippen molar-refractivity contribution in [3.05, 3.63) is 24.3 Å². The Labute approximate surface area is 88.7 Å².